The van der Waals surface area contributed by atoms with Crippen molar-refractivity contribution in [1.82, 2.24) is 0 Å². The molecule has 13 heavy (non-hydrogen) atoms. The van der Waals surface area contributed by atoms with Crippen LogP contribution in [-0.4, -0.2) is 5.11 Å². The van der Waals surface area contributed by atoms with E-state index in [0.717, 1.165) is 17.4 Å². The molecular formula is C11H12OS. The molecule has 0 fully saturated rings. The van der Waals surface area contributed by atoms with Crippen molar-refractivity contribution in [3.05, 3.63) is 28.6 Å². The normalized spacial score (nSPS) is 10.9. The molecule has 1 aromatic heterocycles. The summed E-state index contributed by atoms with van der Waals surface area (Å²) >= 11 is 1.69. The van der Waals surface area contributed by atoms with Crippen molar-refractivity contribution in [1.29, 1.82) is 0 Å². The SMILES string of the molecule is CCc1ccc2scc(C)c2c1O. The number of aryl methyl sites for hydroxylation is 2. The van der Waals surface area contributed by atoms with Crippen LogP contribution in [0, 0.1) is 6.92 Å². The molecule has 0 bridgehead atoms. The van der Waals surface area contributed by atoms with Crippen LogP contribution in [0.4, 0.5) is 0 Å². The molecule has 0 aliphatic rings. The highest BCUT2D eigenvalue weighted by molar-refractivity contribution is 7.17. The predicted octanol–water partition coefficient (Wildman–Crippen LogP) is 3.48. The van der Waals surface area contributed by atoms with Crippen molar-refractivity contribution in [2.24, 2.45) is 0 Å². The van der Waals surface area contributed by atoms with E-state index in [1.54, 1.807) is 11.3 Å². The first-order chi connectivity index (χ1) is 6.24. The van der Waals surface area contributed by atoms with E-state index < -0.39 is 0 Å². The lowest BCUT2D eigenvalue weighted by atomic mass is 10.1. The fourth-order valence-electron chi connectivity index (χ4n) is 1.59. The van der Waals surface area contributed by atoms with Gasteiger partial charge >= 0.3 is 0 Å². The Labute approximate surface area is 81.6 Å². The highest BCUT2D eigenvalue weighted by Gasteiger charge is 2.08. The van der Waals surface area contributed by atoms with Crippen molar-refractivity contribution < 1.29 is 5.11 Å². The molecule has 0 saturated heterocycles. The fraction of sp³-hybridized carbons (Fsp3) is 0.273. The van der Waals surface area contributed by atoms with Crippen molar-refractivity contribution >= 4 is 21.4 Å². The van der Waals surface area contributed by atoms with Gasteiger partial charge in [0.15, 0.2) is 0 Å². The highest BCUT2D eigenvalue weighted by Crippen LogP contribution is 2.35. The molecule has 0 amide bonds. The second-order valence-corrected chi connectivity index (χ2v) is 4.13. The lowest BCUT2D eigenvalue weighted by Gasteiger charge is -2.03. The maximum atomic E-state index is 9.93. The molecule has 0 saturated carbocycles. The maximum Gasteiger partial charge on any atom is 0.127 e. The van der Waals surface area contributed by atoms with Crippen LogP contribution in [0.5, 0.6) is 5.75 Å². The summed E-state index contributed by atoms with van der Waals surface area (Å²) in [7, 11) is 0. The second kappa shape index (κ2) is 3.04. The summed E-state index contributed by atoms with van der Waals surface area (Å²) in [6, 6.07) is 4.10. The molecule has 0 spiro atoms. The van der Waals surface area contributed by atoms with Crippen LogP contribution in [-0.2, 0) is 6.42 Å². The zero-order valence-corrected chi connectivity index (χ0v) is 8.61. The largest absolute Gasteiger partial charge is 0.507 e. The van der Waals surface area contributed by atoms with Gasteiger partial charge in [-0.2, -0.15) is 0 Å². The Morgan fingerprint density at radius 1 is 1.38 bits per heavy atom. The summed E-state index contributed by atoms with van der Waals surface area (Å²) in [6.45, 7) is 4.10. The average molecular weight is 192 g/mol. The number of hydrogen-bond acceptors (Lipinski definition) is 2. The van der Waals surface area contributed by atoms with Crippen LogP contribution in [0.15, 0.2) is 17.5 Å². The van der Waals surface area contributed by atoms with Crippen LogP contribution in [0.25, 0.3) is 10.1 Å². The van der Waals surface area contributed by atoms with Crippen molar-refractivity contribution in [3.8, 4) is 5.75 Å². The summed E-state index contributed by atoms with van der Waals surface area (Å²) < 4.78 is 1.17. The summed E-state index contributed by atoms with van der Waals surface area (Å²) in [6.07, 6.45) is 0.886. The first-order valence-corrected chi connectivity index (χ1v) is 5.30. The zero-order valence-electron chi connectivity index (χ0n) is 7.79. The van der Waals surface area contributed by atoms with Crippen LogP contribution >= 0.6 is 11.3 Å². The van der Waals surface area contributed by atoms with Gasteiger partial charge in [0.25, 0.3) is 0 Å². The third-order valence-corrected chi connectivity index (χ3v) is 3.43. The van der Waals surface area contributed by atoms with Crippen molar-refractivity contribution in [3.63, 3.8) is 0 Å². The van der Waals surface area contributed by atoms with E-state index in [2.05, 4.69) is 18.4 Å². The van der Waals surface area contributed by atoms with Crippen molar-refractivity contribution in [2.75, 3.05) is 0 Å². The first kappa shape index (κ1) is 8.57. The van der Waals surface area contributed by atoms with E-state index in [9.17, 15) is 5.11 Å². The van der Waals surface area contributed by atoms with Crippen LogP contribution in [0.1, 0.15) is 18.1 Å². The monoisotopic (exact) mass is 192 g/mol. The lowest BCUT2D eigenvalue weighted by molar-refractivity contribution is 0.475. The number of phenolic OH excluding ortho intramolecular Hbond substituents is 1. The topological polar surface area (TPSA) is 20.2 Å². The third-order valence-electron chi connectivity index (χ3n) is 2.36. The minimum Gasteiger partial charge on any atom is -0.507 e. The second-order valence-electron chi connectivity index (χ2n) is 3.22. The number of aromatic hydroxyl groups is 1. The Bertz CT molecular complexity index is 443. The molecule has 1 nitrogen and oxygen atoms in total. The molecule has 68 valence electrons. The molecule has 2 heteroatoms. The van der Waals surface area contributed by atoms with E-state index in [1.807, 2.05) is 13.0 Å². The number of fused-ring (bicyclic) bond motifs is 1. The minimum atomic E-state index is 0.471. The summed E-state index contributed by atoms with van der Waals surface area (Å²) in [5.74, 6) is 0.471. The summed E-state index contributed by atoms with van der Waals surface area (Å²) in [4.78, 5) is 0. The van der Waals surface area contributed by atoms with E-state index >= 15 is 0 Å². The number of rotatable bonds is 1. The van der Waals surface area contributed by atoms with E-state index in [1.165, 1.54) is 10.3 Å². The quantitative estimate of drug-likeness (QED) is 0.733. The smallest absolute Gasteiger partial charge is 0.127 e. The van der Waals surface area contributed by atoms with E-state index in [4.69, 9.17) is 0 Å². The summed E-state index contributed by atoms with van der Waals surface area (Å²) in [5.41, 5.74) is 2.21. The molecule has 0 aliphatic carbocycles. The van der Waals surface area contributed by atoms with Crippen molar-refractivity contribution in [2.45, 2.75) is 20.3 Å². The van der Waals surface area contributed by atoms with Gasteiger partial charge < -0.3 is 5.11 Å². The van der Waals surface area contributed by atoms with Gasteiger partial charge in [0.2, 0.25) is 0 Å². The van der Waals surface area contributed by atoms with E-state index in [-0.39, 0.29) is 0 Å². The molecule has 0 unspecified atom stereocenters. The van der Waals surface area contributed by atoms with Gasteiger partial charge in [0, 0.05) is 10.1 Å². The molecule has 1 N–H and O–H groups in total. The molecule has 2 rings (SSSR count). The fourth-order valence-corrected chi connectivity index (χ4v) is 2.53. The van der Waals surface area contributed by atoms with Crippen LogP contribution < -0.4 is 0 Å². The Balaban J connectivity index is 2.83. The van der Waals surface area contributed by atoms with E-state index in [0.29, 0.717) is 5.75 Å². The summed E-state index contributed by atoms with van der Waals surface area (Å²) in [5, 5.41) is 13.0. The standard InChI is InChI=1S/C11H12OS/c1-3-8-4-5-9-10(11(8)12)7(2)6-13-9/h4-6,12H,3H2,1-2H3. The molecule has 0 radical (unpaired) electrons. The van der Waals surface area contributed by atoms with Gasteiger partial charge in [-0.25, -0.2) is 0 Å². The molecule has 2 aromatic rings. The van der Waals surface area contributed by atoms with Crippen LogP contribution in [0.2, 0.25) is 0 Å². The van der Waals surface area contributed by atoms with Gasteiger partial charge in [-0.1, -0.05) is 13.0 Å². The van der Waals surface area contributed by atoms with Gasteiger partial charge in [-0.05, 0) is 35.9 Å². The third kappa shape index (κ3) is 1.22. The number of hydrogen-bond donors (Lipinski definition) is 1. The molecule has 1 heterocycles. The zero-order chi connectivity index (χ0) is 9.42. The number of benzene rings is 1. The minimum absolute atomic E-state index is 0.471. The maximum absolute atomic E-state index is 9.93. The Kier molecular flexibility index (Phi) is 2.00. The predicted molar refractivity (Wildman–Crippen MR) is 57.6 cm³/mol. The van der Waals surface area contributed by atoms with Gasteiger partial charge in [0.1, 0.15) is 5.75 Å². The number of thiophene rings is 1. The average Bonchev–Trinajstić information content (AvgIpc) is 2.49. The molecule has 0 aliphatic heterocycles. The first-order valence-electron chi connectivity index (χ1n) is 4.42. The Morgan fingerprint density at radius 3 is 2.85 bits per heavy atom. The van der Waals surface area contributed by atoms with Gasteiger partial charge in [-0.15, -0.1) is 11.3 Å². The molecular weight excluding hydrogens is 180 g/mol. The van der Waals surface area contributed by atoms with Gasteiger partial charge in [-0.3, -0.25) is 0 Å². The molecule has 1 aromatic carbocycles. The van der Waals surface area contributed by atoms with Gasteiger partial charge in [0.05, 0.1) is 0 Å². The highest BCUT2D eigenvalue weighted by atomic mass is 32.1. The Morgan fingerprint density at radius 2 is 2.15 bits per heavy atom. The number of phenols is 1. The Hall–Kier alpha value is -1.02. The van der Waals surface area contributed by atoms with Crippen LogP contribution in [0.3, 0.4) is 0 Å². The molecule has 0 atom stereocenters. The lowest BCUT2D eigenvalue weighted by Crippen LogP contribution is -1.81.